The number of hydrogen-bond acceptors (Lipinski definition) is 3. The first-order valence-electron chi connectivity index (χ1n) is 4.08. The van der Waals surface area contributed by atoms with Crippen molar-refractivity contribution in [3.63, 3.8) is 0 Å². The number of amides is 1. The molecule has 0 bridgehead atoms. The van der Waals surface area contributed by atoms with Gasteiger partial charge in [0.25, 0.3) is 0 Å². The molecule has 1 unspecified atom stereocenters. The molecule has 0 aliphatic heterocycles. The Morgan fingerprint density at radius 1 is 1.69 bits per heavy atom. The SMILES string of the molecule is CC(NC(=O)[C@H](C)O)c1cn[nH]c1. The predicted octanol–water partition coefficient (Wildman–Crippen LogP) is -0.0323. The maximum atomic E-state index is 11.1. The fourth-order valence-electron chi connectivity index (χ4n) is 0.915. The Balaban J connectivity index is 2.51. The molecule has 0 saturated heterocycles. The molecule has 5 nitrogen and oxygen atoms in total. The zero-order valence-corrected chi connectivity index (χ0v) is 7.61. The molecule has 3 N–H and O–H groups in total. The van der Waals surface area contributed by atoms with E-state index in [1.165, 1.54) is 6.92 Å². The summed E-state index contributed by atoms with van der Waals surface area (Å²) in [4.78, 5) is 11.1. The van der Waals surface area contributed by atoms with Crippen LogP contribution in [0.15, 0.2) is 12.4 Å². The second kappa shape index (κ2) is 4.04. The van der Waals surface area contributed by atoms with Gasteiger partial charge in [-0.2, -0.15) is 5.10 Å². The van der Waals surface area contributed by atoms with Crippen LogP contribution in [0.2, 0.25) is 0 Å². The van der Waals surface area contributed by atoms with Crippen LogP contribution in [0, 0.1) is 0 Å². The molecule has 5 heteroatoms. The van der Waals surface area contributed by atoms with E-state index >= 15 is 0 Å². The maximum absolute atomic E-state index is 11.1. The van der Waals surface area contributed by atoms with Gasteiger partial charge in [-0.25, -0.2) is 0 Å². The Bertz CT molecular complexity index is 269. The van der Waals surface area contributed by atoms with E-state index in [-0.39, 0.29) is 11.9 Å². The molecule has 1 amide bonds. The molecule has 0 saturated carbocycles. The first-order valence-corrected chi connectivity index (χ1v) is 4.08. The van der Waals surface area contributed by atoms with Crippen molar-refractivity contribution in [1.82, 2.24) is 15.5 Å². The van der Waals surface area contributed by atoms with Crippen LogP contribution in [0.1, 0.15) is 25.5 Å². The van der Waals surface area contributed by atoms with Gasteiger partial charge in [-0.15, -0.1) is 0 Å². The monoisotopic (exact) mass is 183 g/mol. The van der Waals surface area contributed by atoms with Crippen LogP contribution in [-0.4, -0.2) is 27.3 Å². The third kappa shape index (κ3) is 2.55. The third-order valence-corrected chi connectivity index (χ3v) is 1.76. The van der Waals surface area contributed by atoms with Crippen molar-refractivity contribution in [2.45, 2.75) is 26.0 Å². The topological polar surface area (TPSA) is 78.0 Å². The lowest BCUT2D eigenvalue weighted by Gasteiger charge is -2.12. The Kier molecular flexibility index (Phi) is 3.02. The minimum absolute atomic E-state index is 0.138. The molecule has 72 valence electrons. The number of carbonyl (C=O) groups is 1. The van der Waals surface area contributed by atoms with Crippen molar-refractivity contribution in [2.75, 3.05) is 0 Å². The van der Waals surface area contributed by atoms with Crippen molar-refractivity contribution in [1.29, 1.82) is 0 Å². The van der Waals surface area contributed by atoms with Gasteiger partial charge < -0.3 is 10.4 Å². The first kappa shape index (κ1) is 9.73. The van der Waals surface area contributed by atoms with Crippen LogP contribution in [0.3, 0.4) is 0 Å². The maximum Gasteiger partial charge on any atom is 0.249 e. The van der Waals surface area contributed by atoms with Crippen LogP contribution >= 0.6 is 0 Å². The van der Waals surface area contributed by atoms with Crippen molar-refractivity contribution in [3.8, 4) is 0 Å². The molecule has 0 radical (unpaired) electrons. The molecule has 13 heavy (non-hydrogen) atoms. The van der Waals surface area contributed by atoms with Crippen molar-refractivity contribution < 1.29 is 9.90 Å². The largest absolute Gasteiger partial charge is 0.384 e. The van der Waals surface area contributed by atoms with Crippen LogP contribution in [0.4, 0.5) is 0 Å². The van der Waals surface area contributed by atoms with Crippen LogP contribution in [0.5, 0.6) is 0 Å². The fraction of sp³-hybridized carbons (Fsp3) is 0.500. The molecule has 1 aromatic rings. The molecule has 0 aliphatic rings. The van der Waals surface area contributed by atoms with Gasteiger partial charge in [-0.05, 0) is 13.8 Å². The normalized spacial score (nSPS) is 15.0. The highest BCUT2D eigenvalue weighted by molar-refractivity contribution is 5.80. The standard InChI is InChI=1S/C8H13N3O2/c1-5(7-3-9-10-4-7)11-8(13)6(2)12/h3-6,12H,1-2H3,(H,9,10)(H,11,13)/t5?,6-/m0/s1. The smallest absolute Gasteiger partial charge is 0.249 e. The van der Waals surface area contributed by atoms with Crippen LogP contribution < -0.4 is 5.32 Å². The highest BCUT2D eigenvalue weighted by atomic mass is 16.3. The van der Waals surface area contributed by atoms with Crippen molar-refractivity contribution in [3.05, 3.63) is 18.0 Å². The lowest BCUT2D eigenvalue weighted by molar-refractivity contribution is -0.129. The van der Waals surface area contributed by atoms with Gasteiger partial charge in [0.05, 0.1) is 12.2 Å². The zero-order valence-electron chi connectivity index (χ0n) is 7.61. The summed E-state index contributed by atoms with van der Waals surface area (Å²) in [5.41, 5.74) is 0.883. The lowest BCUT2D eigenvalue weighted by atomic mass is 10.2. The molecule has 0 aliphatic carbocycles. The number of carbonyl (C=O) groups excluding carboxylic acids is 1. The zero-order chi connectivity index (χ0) is 9.84. The van der Waals surface area contributed by atoms with E-state index in [4.69, 9.17) is 5.11 Å². The number of aromatic nitrogens is 2. The summed E-state index contributed by atoms with van der Waals surface area (Å²) in [6.45, 7) is 3.25. The number of aliphatic hydroxyl groups is 1. The molecule has 2 atom stereocenters. The fourth-order valence-corrected chi connectivity index (χ4v) is 0.915. The van der Waals surface area contributed by atoms with E-state index < -0.39 is 6.10 Å². The summed E-state index contributed by atoms with van der Waals surface area (Å²) in [5.74, 6) is -0.381. The summed E-state index contributed by atoms with van der Waals surface area (Å²) in [5, 5.41) is 18.0. The van der Waals surface area contributed by atoms with Gasteiger partial charge >= 0.3 is 0 Å². The minimum atomic E-state index is -0.977. The van der Waals surface area contributed by atoms with Crippen molar-refractivity contribution >= 4 is 5.91 Å². The molecule has 1 heterocycles. The van der Waals surface area contributed by atoms with Gasteiger partial charge in [0.15, 0.2) is 0 Å². The Morgan fingerprint density at radius 3 is 2.85 bits per heavy atom. The molecular formula is C8H13N3O2. The lowest BCUT2D eigenvalue weighted by Crippen LogP contribution is -2.34. The van der Waals surface area contributed by atoms with E-state index in [9.17, 15) is 4.79 Å². The van der Waals surface area contributed by atoms with Gasteiger partial charge in [0.1, 0.15) is 6.10 Å². The van der Waals surface area contributed by atoms with Gasteiger partial charge in [-0.3, -0.25) is 9.89 Å². The summed E-state index contributed by atoms with van der Waals surface area (Å²) >= 11 is 0. The van der Waals surface area contributed by atoms with Crippen molar-refractivity contribution in [2.24, 2.45) is 0 Å². The number of aromatic amines is 1. The molecule has 0 aromatic carbocycles. The van der Waals surface area contributed by atoms with Gasteiger partial charge in [0.2, 0.25) is 5.91 Å². The van der Waals surface area contributed by atoms with Crippen LogP contribution in [0.25, 0.3) is 0 Å². The number of H-pyrrole nitrogens is 1. The summed E-state index contributed by atoms with van der Waals surface area (Å²) in [7, 11) is 0. The van der Waals surface area contributed by atoms with E-state index in [2.05, 4.69) is 15.5 Å². The van der Waals surface area contributed by atoms with E-state index in [1.807, 2.05) is 6.92 Å². The molecule has 0 fully saturated rings. The van der Waals surface area contributed by atoms with Gasteiger partial charge in [-0.1, -0.05) is 0 Å². The molecule has 0 spiro atoms. The Hall–Kier alpha value is -1.36. The summed E-state index contributed by atoms with van der Waals surface area (Å²) in [6.07, 6.45) is 2.36. The predicted molar refractivity (Wildman–Crippen MR) is 46.8 cm³/mol. The highest BCUT2D eigenvalue weighted by Gasteiger charge is 2.13. The number of nitrogens with one attached hydrogen (secondary N) is 2. The third-order valence-electron chi connectivity index (χ3n) is 1.76. The second-order valence-electron chi connectivity index (χ2n) is 2.94. The number of aliphatic hydroxyl groups excluding tert-OH is 1. The quantitative estimate of drug-likeness (QED) is 0.615. The molecule has 1 aromatic heterocycles. The Labute approximate surface area is 76.2 Å². The highest BCUT2D eigenvalue weighted by Crippen LogP contribution is 2.08. The van der Waals surface area contributed by atoms with E-state index in [1.54, 1.807) is 12.4 Å². The van der Waals surface area contributed by atoms with Crippen LogP contribution in [-0.2, 0) is 4.79 Å². The average Bonchev–Trinajstić information content (AvgIpc) is 2.55. The minimum Gasteiger partial charge on any atom is -0.384 e. The summed E-state index contributed by atoms with van der Waals surface area (Å²) < 4.78 is 0. The number of nitrogens with zero attached hydrogens (tertiary/aromatic N) is 1. The molecular weight excluding hydrogens is 170 g/mol. The Morgan fingerprint density at radius 2 is 2.38 bits per heavy atom. The number of rotatable bonds is 3. The molecule has 1 rings (SSSR count). The average molecular weight is 183 g/mol. The first-order chi connectivity index (χ1) is 6.11. The number of hydrogen-bond donors (Lipinski definition) is 3. The van der Waals surface area contributed by atoms with Gasteiger partial charge in [0, 0.05) is 11.8 Å². The van der Waals surface area contributed by atoms with E-state index in [0.29, 0.717) is 0 Å². The summed E-state index contributed by atoms with van der Waals surface area (Å²) in [6, 6.07) is -0.138. The second-order valence-corrected chi connectivity index (χ2v) is 2.94. The van der Waals surface area contributed by atoms with E-state index in [0.717, 1.165) is 5.56 Å².